The number of fused-ring (bicyclic) bond motifs is 1. The van der Waals surface area contributed by atoms with Gasteiger partial charge in [0.05, 0.1) is 18.4 Å². The molecule has 2 aromatic heterocycles. The summed E-state index contributed by atoms with van der Waals surface area (Å²) < 4.78 is 2.25. The SMILES string of the molecule is CCNC(=NCc1nnc2n1CCCCC2)N(C)Cc1ncc(-c2ccccc2)[nH]1.I. The van der Waals surface area contributed by atoms with Crippen molar-refractivity contribution in [2.75, 3.05) is 13.6 Å². The Balaban J connectivity index is 0.00000272. The minimum Gasteiger partial charge on any atom is -0.357 e. The first-order chi connectivity index (χ1) is 14.7. The largest absolute Gasteiger partial charge is 0.357 e. The molecule has 1 aliphatic rings. The van der Waals surface area contributed by atoms with E-state index in [-0.39, 0.29) is 24.0 Å². The number of benzene rings is 1. The first-order valence-electron chi connectivity index (χ1n) is 10.7. The van der Waals surface area contributed by atoms with Gasteiger partial charge in [-0.15, -0.1) is 34.2 Å². The monoisotopic (exact) mass is 534 g/mol. The third kappa shape index (κ3) is 5.84. The molecule has 0 bridgehead atoms. The number of nitrogens with one attached hydrogen (secondary N) is 2. The van der Waals surface area contributed by atoms with Crippen LogP contribution in [0, 0.1) is 0 Å². The molecule has 0 saturated carbocycles. The van der Waals surface area contributed by atoms with Gasteiger partial charge in [0, 0.05) is 26.6 Å². The fraction of sp³-hybridized carbons (Fsp3) is 0.455. The summed E-state index contributed by atoms with van der Waals surface area (Å²) in [7, 11) is 2.02. The number of hydrogen-bond acceptors (Lipinski definition) is 4. The van der Waals surface area contributed by atoms with Crippen LogP contribution in [-0.4, -0.2) is 49.2 Å². The van der Waals surface area contributed by atoms with Crippen LogP contribution >= 0.6 is 24.0 Å². The summed E-state index contributed by atoms with van der Waals surface area (Å²) in [5.41, 5.74) is 2.15. The Hall–Kier alpha value is -2.43. The number of H-pyrrole nitrogens is 1. The Morgan fingerprint density at radius 2 is 2.03 bits per heavy atom. The van der Waals surface area contributed by atoms with Crippen molar-refractivity contribution in [3.8, 4) is 11.3 Å². The molecule has 0 saturated heterocycles. The van der Waals surface area contributed by atoms with Crippen LogP contribution in [0.4, 0.5) is 0 Å². The number of nitrogens with zero attached hydrogens (tertiary/aromatic N) is 6. The van der Waals surface area contributed by atoms with E-state index in [9.17, 15) is 0 Å². The van der Waals surface area contributed by atoms with Crippen molar-refractivity contribution < 1.29 is 0 Å². The maximum Gasteiger partial charge on any atom is 0.194 e. The Kier molecular flexibility index (Phi) is 8.44. The van der Waals surface area contributed by atoms with E-state index in [1.54, 1.807) is 0 Å². The molecule has 2 N–H and O–H groups in total. The second-order valence-corrected chi connectivity index (χ2v) is 7.63. The minimum atomic E-state index is 0. The zero-order valence-electron chi connectivity index (χ0n) is 18.2. The number of aliphatic imine (C=N–C) groups is 1. The number of guanidine groups is 1. The standard InChI is InChI=1S/C22H30N8.HI/c1-3-23-22(25-15-21-28-27-20-12-8-5-9-13-30(20)21)29(2)16-19-24-14-18(26-19)17-10-6-4-7-11-17;/h4,6-7,10-11,14H,3,5,8-9,12-13,15-16H2,1-2H3,(H,23,25)(H,24,26);1H. The summed E-state index contributed by atoms with van der Waals surface area (Å²) in [4.78, 5) is 14.9. The predicted molar refractivity (Wildman–Crippen MR) is 133 cm³/mol. The van der Waals surface area contributed by atoms with Gasteiger partial charge in [-0.2, -0.15) is 0 Å². The predicted octanol–water partition coefficient (Wildman–Crippen LogP) is 3.61. The van der Waals surface area contributed by atoms with Crippen LogP contribution in [-0.2, 0) is 26.1 Å². The van der Waals surface area contributed by atoms with E-state index in [1.807, 2.05) is 31.4 Å². The number of halogens is 1. The fourth-order valence-corrected chi connectivity index (χ4v) is 3.78. The lowest BCUT2D eigenvalue weighted by Gasteiger charge is -2.21. The van der Waals surface area contributed by atoms with Crippen molar-refractivity contribution in [2.45, 2.75) is 52.2 Å². The van der Waals surface area contributed by atoms with Crippen LogP contribution in [0.3, 0.4) is 0 Å². The number of aromatic nitrogens is 5. The molecular formula is C22H31IN8. The molecule has 0 aliphatic carbocycles. The molecular weight excluding hydrogens is 503 g/mol. The van der Waals surface area contributed by atoms with E-state index in [4.69, 9.17) is 4.99 Å². The summed E-state index contributed by atoms with van der Waals surface area (Å²) in [5.74, 6) is 3.78. The highest BCUT2D eigenvalue weighted by Gasteiger charge is 2.15. The molecule has 31 heavy (non-hydrogen) atoms. The molecule has 8 nitrogen and oxygen atoms in total. The van der Waals surface area contributed by atoms with Crippen LogP contribution in [0.5, 0.6) is 0 Å². The van der Waals surface area contributed by atoms with Crippen molar-refractivity contribution in [3.63, 3.8) is 0 Å². The zero-order valence-corrected chi connectivity index (χ0v) is 20.5. The number of imidazole rings is 1. The fourth-order valence-electron chi connectivity index (χ4n) is 3.78. The summed E-state index contributed by atoms with van der Waals surface area (Å²) in [6, 6.07) is 10.2. The molecule has 4 rings (SSSR count). The van der Waals surface area contributed by atoms with Crippen LogP contribution in [0.25, 0.3) is 11.3 Å². The highest BCUT2D eigenvalue weighted by molar-refractivity contribution is 14.0. The first-order valence-corrected chi connectivity index (χ1v) is 10.7. The third-order valence-electron chi connectivity index (χ3n) is 5.35. The second-order valence-electron chi connectivity index (χ2n) is 7.63. The molecule has 3 aromatic rings. The molecule has 166 valence electrons. The lowest BCUT2D eigenvalue weighted by Crippen LogP contribution is -2.38. The second kappa shape index (κ2) is 11.3. The minimum absolute atomic E-state index is 0. The van der Waals surface area contributed by atoms with Gasteiger partial charge in [-0.1, -0.05) is 36.8 Å². The molecule has 0 fully saturated rings. The maximum absolute atomic E-state index is 4.82. The topological polar surface area (TPSA) is 87.0 Å². The smallest absolute Gasteiger partial charge is 0.194 e. The van der Waals surface area contributed by atoms with E-state index < -0.39 is 0 Å². The molecule has 9 heteroatoms. The summed E-state index contributed by atoms with van der Waals surface area (Å²) in [6.07, 6.45) is 6.53. The Morgan fingerprint density at radius 3 is 2.84 bits per heavy atom. The number of rotatable bonds is 6. The van der Waals surface area contributed by atoms with E-state index in [1.165, 1.54) is 19.3 Å². The molecule has 0 radical (unpaired) electrons. The molecule has 1 aliphatic heterocycles. The molecule has 1 aromatic carbocycles. The van der Waals surface area contributed by atoms with Gasteiger partial charge in [0.2, 0.25) is 0 Å². The zero-order chi connectivity index (χ0) is 20.8. The van der Waals surface area contributed by atoms with Crippen LogP contribution in [0.1, 0.15) is 43.7 Å². The number of aryl methyl sites for hydroxylation is 1. The van der Waals surface area contributed by atoms with Crippen LogP contribution in [0.15, 0.2) is 41.5 Å². The van der Waals surface area contributed by atoms with Crippen molar-refractivity contribution in [2.24, 2.45) is 4.99 Å². The van der Waals surface area contributed by atoms with E-state index in [2.05, 4.69) is 54.0 Å². The average molecular weight is 534 g/mol. The highest BCUT2D eigenvalue weighted by atomic mass is 127. The maximum atomic E-state index is 4.82. The molecule has 0 atom stereocenters. The summed E-state index contributed by atoms with van der Waals surface area (Å²) in [6.45, 7) is 5.03. The van der Waals surface area contributed by atoms with Crippen LogP contribution < -0.4 is 5.32 Å². The molecule has 0 unspecified atom stereocenters. The van der Waals surface area contributed by atoms with E-state index >= 15 is 0 Å². The molecule has 3 heterocycles. The highest BCUT2D eigenvalue weighted by Crippen LogP contribution is 2.17. The average Bonchev–Trinajstić information content (AvgIpc) is 3.32. The lowest BCUT2D eigenvalue weighted by molar-refractivity contribution is 0.463. The quantitative estimate of drug-likeness (QED) is 0.287. The van der Waals surface area contributed by atoms with Gasteiger partial charge in [-0.25, -0.2) is 9.98 Å². The van der Waals surface area contributed by atoms with E-state index in [0.29, 0.717) is 13.1 Å². The van der Waals surface area contributed by atoms with Gasteiger partial charge in [0.1, 0.15) is 18.2 Å². The number of hydrogen-bond donors (Lipinski definition) is 2. The summed E-state index contributed by atoms with van der Waals surface area (Å²) in [5, 5.41) is 12.1. The van der Waals surface area contributed by atoms with Crippen molar-refractivity contribution >= 4 is 29.9 Å². The van der Waals surface area contributed by atoms with Crippen molar-refractivity contribution in [3.05, 3.63) is 54.0 Å². The van der Waals surface area contributed by atoms with Gasteiger partial charge >= 0.3 is 0 Å². The van der Waals surface area contributed by atoms with Gasteiger partial charge in [-0.05, 0) is 25.3 Å². The normalized spacial score (nSPS) is 13.8. The van der Waals surface area contributed by atoms with E-state index in [0.717, 1.165) is 54.2 Å². The van der Waals surface area contributed by atoms with Crippen LogP contribution in [0.2, 0.25) is 0 Å². The Morgan fingerprint density at radius 1 is 1.19 bits per heavy atom. The van der Waals surface area contributed by atoms with Gasteiger partial charge in [-0.3, -0.25) is 0 Å². The van der Waals surface area contributed by atoms with Gasteiger partial charge in [0.25, 0.3) is 0 Å². The molecule has 0 spiro atoms. The molecule has 0 amide bonds. The van der Waals surface area contributed by atoms with Gasteiger partial charge < -0.3 is 19.8 Å². The lowest BCUT2D eigenvalue weighted by atomic mass is 10.2. The third-order valence-corrected chi connectivity index (χ3v) is 5.35. The van der Waals surface area contributed by atoms with Crippen molar-refractivity contribution in [1.29, 1.82) is 0 Å². The summed E-state index contributed by atoms with van der Waals surface area (Å²) >= 11 is 0. The Bertz CT molecular complexity index is 979. The first kappa shape index (κ1) is 23.2. The van der Waals surface area contributed by atoms with Crippen molar-refractivity contribution in [1.82, 2.24) is 34.9 Å². The number of aromatic amines is 1. The van der Waals surface area contributed by atoms with Gasteiger partial charge in [0.15, 0.2) is 11.8 Å². The Labute approximate surface area is 200 Å².